The van der Waals surface area contributed by atoms with Gasteiger partial charge in [-0.05, 0) is 53.3 Å². The Balaban J connectivity index is 1.40. The minimum atomic E-state index is -0.132. The molecule has 1 saturated heterocycles. The molecule has 0 radical (unpaired) electrons. The number of amides is 1. The first-order valence-electron chi connectivity index (χ1n) is 10.7. The van der Waals surface area contributed by atoms with Crippen molar-refractivity contribution >= 4 is 35.1 Å². The number of carbonyl (C=O) groups excluding carboxylic acids is 1. The Morgan fingerprint density at radius 1 is 1.16 bits per heavy atom. The first-order chi connectivity index (χ1) is 15.6. The highest BCUT2D eigenvalue weighted by molar-refractivity contribution is 7.99. The first-order valence-corrected chi connectivity index (χ1v) is 12.1. The van der Waals surface area contributed by atoms with E-state index in [0.717, 1.165) is 29.2 Å². The summed E-state index contributed by atoms with van der Waals surface area (Å²) >= 11 is 7.84. The molecule has 1 amide bonds. The summed E-state index contributed by atoms with van der Waals surface area (Å²) in [6.45, 7) is 4.58. The average Bonchev–Trinajstić information content (AvgIpc) is 2.84. The van der Waals surface area contributed by atoms with Crippen LogP contribution in [0.15, 0.2) is 71.8 Å². The van der Waals surface area contributed by atoms with Gasteiger partial charge in [-0.2, -0.15) is 0 Å². The molecule has 166 valence electrons. The summed E-state index contributed by atoms with van der Waals surface area (Å²) in [4.78, 5) is 20.6. The van der Waals surface area contributed by atoms with Gasteiger partial charge in [0.15, 0.2) is 0 Å². The molecule has 0 saturated carbocycles. The number of morpholine rings is 1. The third kappa shape index (κ3) is 5.63. The third-order valence-electron chi connectivity index (χ3n) is 5.38. The maximum Gasteiger partial charge on any atom is 0.253 e. The number of pyridine rings is 1. The van der Waals surface area contributed by atoms with Crippen molar-refractivity contribution in [2.45, 2.75) is 24.4 Å². The Kier molecular flexibility index (Phi) is 7.68. The Morgan fingerprint density at radius 2 is 1.94 bits per heavy atom. The van der Waals surface area contributed by atoms with E-state index in [1.165, 1.54) is 4.90 Å². The lowest BCUT2D eigenvalue weighted by molar-refractivity contribution is 0.0934. The van der Waals surface area contributed by atoms with E-state index in [-0.39, 0.29) is 11.9 Å². The van der Waals surface area contributed by atoms with E-state index in [2.05, 4.69) is 46.4 Å². The Labute approximate surface area is 198 Å². The highest BCUT2D eigenvalue weighted by atomic mass is 35.5. The van der Waals surface area contributed by atoms with Crippen LogP contribution in [0.1, 0.15) is 34.5 Å². The number of ether oxygens (including phenoxy) is 1. The number of aromatic nitrogens is 1. The number of anilines is 1. The van der Waals surface area contributed by atoms with Gasteiger partial charge in [0.1, 0.15) is 5.82 Å². The Bertz CT molecular complexity index is 1030. The molecule has 0 spiro atoms. The SMILES string of the molecule is CCSc1ccc(CNC(=O)c2ccc(N3CCOC[C@@H]3c3ccc(Cl)cc3)nc2)cc1. The van der Waals surface area contributed by atoms with E-state index in [9.17, 15) is 4.79 Å². The van der Waals surface area contributed by atoms with Crippen LogP contribution >= 0.6 is 23.4 Å². The molecule has 4 rings (SSSR count). The van der Waals surface area contributed by atoms with Gasteiger partial charge in [0.2, 0.25) is 0 Å². The van der Waals surface area contributed by atoms with E-state index in [1.54, 1.807) is 18.0 Å². The van der Waals surface area contributed by atoms with Crippen molar-refractivity contribution in [1.82, 2.24) is 10.3 Å². The summed E-state index contributed by atoms with van der Waals surface area (Å²) < 4.78 is 5.71. The minimum absolute atomic E-state index is 0.0574. The standard InChI is InChI=1S/C25H26ClN3O2S/c1-2-32-22-10-3-18(4-11-22)15-28-25(30)20-7-12-24(27-16-20)29-13-14-31-17-23(29)19-5-8-21(26)9-6-19/h3-12,16,23H,2,13-15,17H2,1H3,(H,28,30)/t23-/m1/s1. The second-order valence-corrected chi connectivity index (χ2v) is 9.27. The Morgan fingerprint density at radius 3 is 2.62 bits per heavy atom. The van der Waals surface area contributed by atoms with Gasteiger partial charge in [-0.3, -0.25) is 4.79 Å². The molecule has 1 aliphatic rings. The smallest absolute Gasteiger partial charge is 0.253 e. The van der Waals surface area contributed by atoms with Gasteiger partial charge in [-0.15, -0.1) is 11.8 Å². The van der Waals surface area contributed by atoms with Crippen LogP contribution < -0.4 is 10.2 Å². The van der Waals surface area contributed by atoms with Crippen LogP contribution in [0.3, 0.4) is 0 Å². The molecule has 2 aromatic carbocycles. The summed E-state index contributed by atoms with van der Waals surface area (Å²) in [6.07, 6.45) is 1.64. The van der Waals surface area contributed by atoms with Crippen LogP contribution in [0.5, 0.6) is 0 Å². The third-order valence-corrected chi connectivity index (χ3v) is 6.52. The van der Waals surface area contributed by atoms with Crippen LogP contribution in [0.4, 0.5) is 5.82 Å². The second kappa shape index (κ2) is 10.9. The van der Waals surface area contributed by atoms with Crippen molar-refractivity contribution in [1.29, 1.82) is 0 Å². The minimum Gasteiger partial charge on any atom is -0.377 e. The zero-order chi connectivity index (χ0) is 22.3. The zero-order valence-corrected chi connectivity index (χ0v) is 19.5. The molecule has 1 aromatic heterocycles. The molecule has 1 N–H and O–H groups in total. The van der Waals surface area contributed by atoms with Gasteiger partial charge in [0.25, 0.3) is 5.91 Å². The van der Waals surface area contributed by atoms with Crippen molar-refractivity contribution in [3.05, 3.63) is 88.6 Å². The molecular weight excluding hydrogens is 442 g/mol. The molecular formula is C25H26ClN3O2S. The van der Waals surface area contributed by atoms with Crippen LogP contribution in [-0.2, 0) is 11.3 Å². The average molecular weight is 468 g/mol. The van der Waals surface area contributed by atoms with E-state index in [0.29, 0.717) is 30.3 Å². The van der Waals surface area contributed by atoms with Crippen LogP contribution in [-0.4, -0.2) is 36.4 Å². The number of nitrogens with zero attached hydrogens (tertiary/aromatic N) is 2. The summed E-state index contributed by atoms with van der Waals surface area (Å²) in [5.74, 6) is 1.74. The van der Waals surface area contributed by atoms with Crippen LogP contribution in [0.2, 0.25) is 5.02 Å². The topological polar surface area (TPSA) is 54.5 Å². The van der Waals surface area contributed by atoms with Gasteiger partial charge in [-0.1, -0.05) is 42.8 Å². The number of carbonyl (C=O) groups is 1. The monoisotopic (exact) mass is 467 g/mol. The molecule has 7 heteroatoms. The number of nitrogens with one attached hydrogen (secondary N) is 1. The molecule has 0 bridgehead atoms. The van der Waals surface area contributed by atoms with Crippen molar-refractivity contribution < 1.29 is 9.53 Å². The second-order valence-electron chi connectivity index (χ2n) is 7.50. The first kappa shape index (κ1) is 22.6. The maximum absolute atomic E-state index is 12.6. The summed E-state index contributed by atoms with van der Waals surface area (Å²) in [7, 11) is 0. The van der Waals surface area contributed by atoms with E-state index < -0.39 is 0 Å². The Hall–Kier alpha value is -2.54. The van der Waals surface area contributed by atoms with Gasteiger partial charge < -0.3 is 15.0 Å². The molecule has 1 aliphatic heterocycles. The summed E-state index contributed by atoms with van der Waals surface area (Å²) in [6, 6.07) is 19.9. The number of benzene rings is 2. The van der Waals surface area contributed by atoms with E-state index >= 15 is 0 Å². The maximum atomic E-state index is 12.6. The van der Waals surface area contributed by atoms with Crippen molar-refractivity contribution in [2.75, 3.05) is 30.4 Å². The summed E-state index contributed by atoms with van der Waals surface area (Å²) in [5, 5.41) is 3.68. The van der Waals surface area contributed by atoms with Crippen LogP contribution in [0.25, 0.3) is 0 Å². The van der Waals surface area contributed by atoms with E-state index in [4.69, 9.17) is 16.3 Å². The van der Waals surface area contributed by atoms with Gasteiger partial charge >= 0.3 is 0 Å². The van der Waals surface area contributed by atoms with E-state index in [1.807, 2.05) is 36.4 Å². The number of hydrogen-bond acceptors (Lipinski definition) is 5. The summed E-state index contributed by atoms with van der Waals surface area (Å²) in [5.41, 5.74) is 2.74. The van der Waals surface area contributed by atoms with Gasteiger partial charge in [0, 0.05) is 29.2 Å². The number of hydrogen-bond donors (Lipinski definition) is 1. The normalized spacial score (nSPS) is 16.1. The predicted octanol–water partition coefficient (Wildman–Crippen LogP) is 5.35. The highest BCUT2D eigenvalue weighted by Gasteiger charge is 2.26. The fraction of sp³-hybridized carbons (Fsp3) is 0.280. The van der Waals surface area contributed by atoms with Gasteiger partial charge in [-0.25, -0.2) is 4.98 Å². The fourth-order valence-electron chi connectivity index (χ4n) is 3.68. The highest BCUT2D eigenvalue weighted by Crippen LogP contribution is 2.29. The fourth-order valence-corrected chi connectivity index (χ4v) is 4.47. The number of rotatable bonds is 7. The quantitative estimate of drug-likeness (QED) is 0.474. The van der Waals surface area contributed by atoms with Crippen molar-refractivity contribution in [3.8, 4) is 0 Å². The molecule has 0 unspecified atom stereocenters. The molecule has 3 aromatic rings. The lowest BCUT2D eigenvalue weighted by atomic mass is 10.0. The zero-order valence-electron chi connectivity index (χ0n) is 18.0. The number of thioether (sulfide) groups is 1. The molecule has 1 fully saturated rings. The molecule has 0 aliphatic carbocycles. The molecule has 1 atom stereocenters. The lowest BCUT2D eigenvalue weighted by Crippen LogP contribution is -2.40. The van der Waals surface area contributed by atoms with Crippen LogP contribution in [0, 0.1) is 0 Å². The van der Waals surface area contributed by atoms with Crippen molar-refractivity contribution in [3.63, 3.8) is 0 Å². The molecule has 5 nitrogen and oxygen atoms in total. The van der Waals surface area contributed by atoms with Gasteiger partial charge in [0.05, 0.1) is 24.8 Å². The largest absolute Gasteiger partial charge is 0.377 e. The van der Waals surface area contributed by atoms with Crippen molar-refractivity contribution in [2.24, 2.45) is 0 Å². The predicted molar refractivity (Wildman–Crippen MR) is 131 cm³/mol. The molecule has 32 heavy (non-hydrogen) atoms. The lowest BCUT2D eigenvalue weighted by Gasteiger charge is -2.36. The molecule has 2 heterocycles. The number of halogens is 1.